The van der Waals surface area contributed by atoms with Gasteiger partial charge in [0.2, 0.25) is 0 Å². The zero-order valence-corrected chi connectivity index (χ0v) is 15.8. The minimum absolute atomic E-state index is 0.255. The van der Waals surface area contributed by atoms with E-state index in [0.717, 1.165) is 19.5 Å². The molecule has 0 spiro atoms. The summed E-state index contributed by atoms with van der Waals surface area (Å²) in [6.45, 7) is 1.99. The topological polar surface area (TPSA) is 56.8 Å². The number of fused-ring (bicyclic) bond motifs is 1. The Balaban J connectivity index is 1.40. The highest BCUT2D eigenvalue weighted by molar-refractivity contribution is 5.45. The van der Waals surface area contributed by atoms with Crippen LogP contribution in [0.3, 0.4) is 0 Å². The molecular formula is C23H29NO3. The summed E-state index contributed by atoms with van der Waals surface area (Å²) in [5, 5.41) is 20.5. The van der Waals surface area contributed by atoms with E-state index in [1.807, 2.05) is 18.2 Å². The predicted octanol–water partition coefficient (Wildman–Crippen LogP) is 4.17. The quantitative estimate of drug-likeness (QED) is 0.852. The summed E-state index contributed by atoms with van der Waals surface area (Å²) in [4.78, 5) is 2.62. The molecule has 1 aromatic carbocycles. The van der Waals surface area contributed by atoms with Gasteiger partial charge < -0.3 is 14.6 Å². The number of nitrogens with zero attached hydrogens (tertiary/aromatic N) is 1. The summed E-state index contributed by atoms with van der Waals surface area (Å²) < 4.78 is 5.37. The zero-order valence-electron chi connectivity index (χ0n) is 15.8. The molecule has 2 fully saturated rings. The summed E-state index contributed by atoms with van der Waals surface area (Å²) in [6, 6.07) is 10.3. The monoisotopic (exact) mass is 367 g/mol. The molecule has 0 amide bonds. The maximum atomic E-state index is 10.4. The van der Waals surface area contributed by atoms with E-state index in [9.17, 15) is 10.2 Å². The van der Waals surface area contributed by atoms with Crippen molar-refractivity contribution >= 4 is 0 Å². The first-order chi connectivity index (χ1) is 13.2. The largest absolute Gasteiger partial charge is 0.508 e. The summed E-state index contributed by atoms with van der Waals surface area (Å²) >= 11 is 0. The molecule has 144 valence electrons. The second-order valence-corrected chi connectivity index (χ2v) is 8.73. The molecule has 3 aliphatic rings. The van der Waals surface area contributed by atoms with Crippen molar-refractivity contribution in [1.29, 1.82) is 0 Å². The Hall–Kier alpha value is -1.78. The van der Waals surface area contributed by atoms with E-state index in [1.165, 1.54) is 43.2 Å². The Morgan fingerprint density at radius 2 is 2.15 bits per heavy atom. The first-order valence-electron chi connectivity index (χ1n) is 10.5. The molecular weight excluding hydrogens is 338 g/mol. The third-order valence-electron chi connectivity index (χ3n) is 7.50. The smallest absolute Gasteiger partial charge is 0.132 e. The van der Waals surface area contributed by atoms with Crippen molar-refractivity contribution < 1.29 is 14.6 Å². The van der Waals surface area contributed by atoms with Crippen molar-refractivity contribution in [1.82, 2.24) is 4.90 Å². The molecule has 4 heteroatoms. The molecule has 1 aliphatic heterocycles. The molecule has 2 heterocycles. The second kappa shape index (κ2) is 6.68. The van der Waals surface area contributed by atoms with Crippen LogP contribution in [0.2, 0.25) is 0 Å². The van der Waals surface area contributed by atoms with Gasteiger partial charge in [0, 0.05) is 18.0 Å². The molecule has 1 aromatic heterocycles. The van der Waals surface area contributed by atoms with Gasteiger partial charge in [-0.2, -0.15) is 0 Å². The van der Waals surface area contributed by atoms with Gasteiger partial charge in [-0.1, -0.05) is 18.9 Å². The first kappa shape index (κ1) is 17.3. The van der Waals surface area contributed by atoms with Crippen molar-refractivity contribution in [3.05, 3.63) is 53.5 Å². The Bertz CT molecular complexity index is 802. The van der Waals surface area contributed by atoms with Crippen LogP contribution in [0.5, 0.6) is 5.75 Å². The third-order valence-corrected chi connectivity index (χ3v) is 7.50. The number of rotatable bonds is 4. The van der Waals surface area contributed by atoms with E-state index in [4.69, 9.17) is 4.42 Å². The molecule has 27 heavy (non-hydrogen) atoms. The van der Waals surface area contributed by atoms with Crippen molar-refractivity contribution in [3.63, 3.8) is 0 Å². The maximum absolute atomic E-state index is 10.4. The average molecular weight is 367 g/mol. The van der Waals surface area contributed by atoms with Gasteiger partial charge in [-0.3, -0.25) is 4.90 Å². The fourth-order valence-electron chi connectivity index (χ4n) is 6.26. The number of aliphatic hydroxyl groups excluding tert-OH is 1. The van der Waals surface area contributed by atoms with Gasteiger partial charge in [-0.25, -0.2) is 0 Å². The standard InChI is InChI=1S/C23H29NO3/c25-17-7-6-16-14-20-18-4-1-2-9-23(18,19(16)15-17)10-12-24(20)11-8-21(26)22-5-3-13-27-22/h3,5-7,13,15,18,20-21,25-26H,1-2,4,8-12,14H2/t18-,20-,21?,23-/m0/s1. The molecule has 2 aromatic rings. The van der Waals surface area contributed by atoms with Crippen LogP contribution in [0.15, 0.2) is 41.0 Å². The van der Waals surface area contributed by atoms with Crippen LogP contribution in [0.1, 0.15) is 61.5 Å². The Morgan fingerprint density at radius 1 is 1.22 bits per heavy atom. The summed E-state index contributed by atoms with van der Waals surface area (Å²) in [6.07, 6.45) is 9.22. The zero-order chi connectivity index (χ0) is 18.4. The first-order valence-corrected chi connectivity index (χ1v) is 10.5. The number of aliphatic hydroxyl groups is 1. The molecule has 2 N–H and O–H groups in total. The van der Waals surface area contributed by atoms with Crippen LogP contribution in [0.25, 0.3) is 0 Å². The van der Waals surface area contributed by atoms with E-state index >= 15 is 0 Å². The molecule has 0 radical (unpaired) electrons. The molecule has 1 unspecified atom stereocenters. The van der Waals surface area contributed by atoms with Gasteiger partial charge in [0.05, 0.1) is 6.26 Å². The predicted molar refractivity (Wildman–Crippen MR) is 104 cm³/mol. The van der Waals surface area contributed by atoms with Gasteiger partial charge in [0.15, 0.2) is 0 Å². The number of piperidine rings is 1. The van der Waals surface area contributed by atoms with E-state index in [-0.39, 0.29) is 5.41 Å². The fourth-order valence-corrected chi connectivity index (χ4v) is 6.26. The summed E-state index contributed by atoms with van der Waals surface area (Å²) in [5.74, 6) is 1.76. The number of aromatic hydroxyl groups is 1. The Labute approximate surface area is 160 Å². The molecule has 1 saturated carbocycles. The highest BCUT2D eigenvalue weighted by atomic mass is 16.4. The number of hydrogen-bond acceptors (Lipinski definition) is 4. The summed E-state index contributed by atoms with van der Waals surface area (Å²) in [5.41, 5.74) is 3.11. The van der Waals surface area contributed by atoms with E-state index in [0.29, 0.717) is 29.9 Å². The van der Waals surface area contributed by atoms with Crippen molar-refractivity contribution in [2.24, 2.45) is 5.92 Å². The van der Waals surface area contributed by atoms with Crippen LogP contribution >= 0.6 is 0 Å². The van der Waals surface area contributed by atoms with Crippen LogP contribution in [-0.2, 0) is 11.8 Å². The maximum Gasteiger partial charge on any atom is 0.132 e. The Kier molecular flexibility index (Phi) is 4.29. The Morgan fingerprint density at radius 3 is 3.00 bits per heavy atom. The highest BCUT2D eigenvalue weighted by Gasteiger charge is 2.53. The third kappa shape index (κ3) is 2.81. The molecule has 2 aliphatic carbocycles. The fraction of sp³-hybridized carbons (Fsp3) is 0.565. The van der Waals surface area contributed by atoms with Crippen LogP contribution in [-0.4, -0.2) is 34.2 Å². The van der Waals surface area contributed by atoms with Gasteiger partial charge in [0.1, 0.15) is 17.6 Å². The van der Waals surface area contributed by atoms with E-state index < -0.39 is 6.10 Å². The second-order valence-electron chi connectivity index (χ2n) is 8.73. The lowest BCUT2D eigenvalue weighted by Crippen LogP contribution is -2.61. The van der Waals surface area contributed by atoms with Gasteiger partial charge in [-0.05, 0) is 80.0 Å². The minimum Gasteiger partial charge on any atom is -0.508 e. The average Bonchev–Trinajstić information content (AvgIpc) is 3.22. The number of furan rings is 1. The van der Waals surface area contributed by atoms with Crippen LogP contribution < -0.4 is 0 Å². The van der Waals surface area contributed by atoms with E-state index in [1.54, 1.807) is 6.26 Å². The van der Waals surface area contributed by atoms with Crippen LogP contribution in [0.4, 0.5) is 0 Å². The number of hydrogen-bond donors (Lipinski definition) is 2. The van der Waals surface area contributed by atoms with Crippen molar-refractivity contribution in [3.8, 4) is 5.75 Å². The lowest BCUT2D eigenvalue weighted by Gasteiger charge is -2.59. The van der Waals surface area contributed by atoms with Gasteiger partial charge in [0.25, 0.3) is 0 Å². The van der Waals surface area contributed by atoms with Gasteiger partial charge in [-0.15, -0.1) is 0 Å². The molecule has 4 nitrogen and oxygen atoms in total. The van der Waals surface area contributed by atoms with Crippen molar-refractivity contribution in [2.75, 3.05) is 13.1 Å². The summed E-state index contributed by atoms with van der Waals surface area (Å²) in [7, 11) is 0. The van der Waals surface area contributed by atoms with Crippen molar-refractivity contribution in [2.45, 2.75) is 62.5 Å². The number of phenols is 1. The highest BCUT2D eigenvalue weighted by Crippen LogP contribution is 2.56. The molecule has 2 bridgehead atoms. The lowest BCUT2D eigenvalue weighted by atomic mass is 9.52. The molecule has 1 saturated heterocycles. The molecule has 5 rings (SSSR count). The normalized spacial score (nSPS) is 31.1. The number of benzene rings is 1. The number of likely N-dealkylation sites (tertiary alicyclic amines) is 1. The minimum atomic E-state index is -0.522. The van der Waals surface area contributed by atoms with Crippen LogP contribution in [0, 0.1) is 5.92 Å². The molecule has 4 atom stereocenters. The number of phenolic OH excluding ortho intramolecular Hbond substituents is 1. The lowest BCUT2D eigenvalue weighted by molar-refractivity contribution is -0.0182. The van der Waals surface area contributed by atoms with Gasteiger partial charge >= 0.3 is 0 Å². The SMILES string of the molecule is Oc1ccc2c(c1)[C@]13CCCC[C@H]1[C@H](C2)N(CCC(O)c1ccco1)CC3. The van der Waals surface area contributed by atoms with E-state index in [2.05, 4.69) is 17.0 Å².